The number of hydrogen-bond acceptors (Lipinski definition) is 3. The number of halogens is 3. The van der Waals surface area contributed by atoms with E-state index in [4.69, 9.17) is 5.11 Å². The van der Waals surface area contributed by atoms with Gasteiger partial charge in [-0.05, 0) is 5.56 Å². The predicted octanol–water partition coefficient (Wildman–Crippen LogP) is 1.44. The molecule has 1 aromatic carbocycles. The monoisotopic (exact) mass is 317 g/mol. The van der Waals surface area contributed by atoms with Crippen LogP contribution < -0.4 is 0 Å². The number of nitrogens with zero attached hydrogens (tertiary/aromatic N) is 1. The van der Waals surface area contributed by atoms with Crippen LogP contribution in [0, 0.1) is 11.8 Å². The Hall–Kier alpha value is -2.09. The van der Waals surface area contributed by atoms with Crippen molar-refractivity contribution in [2.24, 2.45) is 11.8 Å². The van der Waals surface area contributed by atoms with Gasteiger partial charge in [-0.25, -0.2) is 0 Å². The lowest BCUT2D eigenvalue weighted by atomic mass is 9.96. The molecule has 1 aromatic rings. The number of aliphatic hydroxyl groups excluding tert-OH is 1. The number of alkyl halides is 3. The van der Waals surface area contributed by atoms with E-state index in [1.54, 1.807) is 18.2 Å². The first-order valence-corrected chi connectivity index (χ1v) is 6.53. The van der Waals surface area contributed by atoms with E-state index in [2.05, 4.69) is 0 Å². The Morgan fingerprint density at radius 2 is 1.77 bits per heavy atom. The first-order valence-electron chi connectivity index (χ1n) is 6.53. The van der Waals surface area contributed by atoms with Gasteiger partial charge in [-0.2, -0.15) is 13.2 Å². The summed E-state index contributed by atoms with van der Waals surface area (Å²) in [6.07, 6.45) is -6.32. The van der Waals surface area contributed by atoms with E-state index in [1.165, 1.54) is 12.1 Å². The zero-order valence-electron chi connectivity index (χ0n) is 11.3. The molecule has 0 bridgehead atoms. The normalized spacial score (nSPS) is 23.4. The quantitative estimate of drug-likeness (QED) is 0.884. The van der Waals surface area contributed by atoms with Crippen LogP contribution >= 0.6 is 0 Å². The van der Waals surface area contributed by atoms with Crippen molar-refractivity contribution in [1.29, 1.82) is 0 Å². The standard InChI is InChI=1S/C14H14F3NO4/c15-14(16,17)10-7-18(6-9(10)13(21)22)12(20)11(19)8-4-2-1-3-5-8/h1-5,9-11,19H,6-7H2,(H,21,22)/t9-,10-,11?/m1/s1. The molecule has 0 saturated carbocycles. The number of aliphatic hydroxyl groups is 1. The molecule has 0 spiro atoms. The average molecular weight is 317 g/mol. The molecule has 1 aliphatic rings. The van der Waals surface area contributed by atoms with Gasteiger partial charge in [0, 0.05) is 13.1 Å². The lowest BCUT2D eigenvalue weighted by Gasteiger charge is -2.21. The van der Waals surface area contributed by atoms with Crippen molar-refractivity contribution in [3.05, 3.63) is 35.9 Å². The molecule has 120 valence electrons. The number of carbonyl (C=O) groups excluding carboxylic acids is 1. The molecule has 1 saturated heterocycles. The van der Waals surface area contributed by atoms with E-state index in [-0.39, 0.29) is 5.56 Å². The number of carbonyl (C=O) groups is 2. The van der Waals surface area contributed by atoms with Crippen LogP contribution in [0.2, 0.25) is 0 Å². The third kappa shape index (κ3) is 3.22. The summed E-state index contributed by atoms with van der Waals surface area (Å²) in [5.74, 6) is -6.38. The van der Waals surface area contributed by atoms with Crippen molar-refractivity contribution >= 4 is 11.9 Å². The fourth-order valence-corrected chi connectivity index (χ4v) is 2.52. The van der Waals surface area contributed by atoms with Crippen molar-refractivity contribution in [1.82, 2.24) is 4.90 Å². The minimum Gasteiger partial charge on any atom is -0.481 e. The van der Waals surface area contributed by atoms with Gasteiger partial charge >= 0.3 is 12.1 Å². The number of likely N-dealkylation sites (tertiary alicyclic amines) is 1. The van der Waals surface area contributed by atoms with E-state index < -0.39 is 49.1 Å². The summed E-state index contributed by atoms with van der Waals surface area (Å²) < 4.78 is 38.6. The Bertz CT molecular complexity index is 561. The fraction of sp³-hybridized carbons (Fsp3) is 0.429. The Balaban J connectivity index is 2.16. The molecule has 2 rings (SSSR count). The molecule has 22 heavy (non-hydrogen) atoms. The van der Waals surface area contributed by atoms with E-state index >= 15 is 0 Å². The summed E-state index contributed by atoms with van der Waals surface area (Å²) in [4.78, 5) is 23.8. The minimum absolute atomic E-state index is 0.245. The van der Waals surface area contributed by atoms with Gasteiger partial charge in [0.05, 0.1) is 11.8 Å². The third-order valence-electron chi connectivity index (χ3n) is 3.72. The molecule has 0 aromatic heterocycles. The first kappa shape index (κ1) is 16.3. The molecular weight excluding hydrogens is 303 g/mol. The molecule has 5 nitrogen and oxygen atoms in total. The van der Waals surface area contributed by atoms with E-state index in [9.17, 15) is 27.9 Å². The Morgan fingerprint density at radius 1 is 1.18 bits per heavy atom. The Labute approximate surface area is 124 Å². The molecule has 1 heterocycles. The lowest BCUT2D eigenvalue weighted by Crippen LogP contribution is -2.35. The van der Waals surface area contributed by atoms with Crippen LogP contribution in [0.5, 0.6) is 0 Å². The summed E-state index contributed by atoms with van der Waals surface area (Å²) in [6, 6.07) is 7.75. The maximum atomic E-state index is 12.9. The van der Waals surface area contributed by atoms with Crippen LogP contribution in [-0.4, -0.2) is 46.3 Å². The smallest absolute Gasteiger partial charge is 0.394 e. The van der Waals surface area contributed by atoms with Crippen molar-refractivity contribution in [2.75, 3.05) is 13.1 Å². The zero-order chi connectivity index (χ0) is 16.5. The first-order chi connectivity index (χ1) is 10.2. The maximum absolute atomic E-state index is 12.9. The number of aliphatic carboxylic acids is 1. The highest BCUT2D eigenvalue weighted by Gasteiger charge is 2.53. The van der Waals surface area contributed by atoms with Gasteiger partial charge in [-0.1, -0.05) is 30.3 Å². The SMILES string of the molecule is O=C(O)[C@@H]1CN(C(=O)C(O)c2ccccc2)C[C@H]1C(F)(F)F. The summed E-state index contributed by atoms with van der Waals surface area (Å²) in [5, 5.41) is 18.8. The van der Waals surface area contributed by atoms with Gasteiger partial charge in [0.15, 0.2) is 6.10 Å². The van der Waals surface area contributed by atoms with Gasteiger partial charge in [0.25, 0.3) is 5.91 Å². The minimum atomic E-state index is -4.71. The maximum Gasteiger partial charge on any atom is 0.394 e. The van der Waals surface area contributed by atoms with Crippen LogP contribution in [0.1, 0.15) is 11.7 Å². The molecule has 8 heteroatoms. The molecule has 1 aliphatic heterocycles. The number of rotatable bonds is 3. The van der Waals surface area contributed by atoms with Crippen LogP contribution in [0.4, 0.5) is 13.2 Å². The van der Waals surface area contributed by atoms with Gasteiger partial charge < -0.3 is 15.1 Å². The second kappa shape index (κ2) is 5.96. The summed E-state index contributed by atoms with van der Waals surface area (Å²) >= 11 is 0. The summed E-state index contributed by atoms with van der Waals surface area (Å²) in [5.41, 5.74) is 0.245. The highest BCUT2D eigenvalue weighted by atomic mass is 19.4. The summed E-state index contributed by atoms with van der Waals surface area (Å²) in [7, 11) is 0. The van der Waals surface area contributed by atoms with Crippen molar-refractivity contribution in [3.63, 3.8) is 0 Å². The van der Waals surface area contributed by atoms with E-state index in [0.717, 1.165) is 4.90 Å². The van der Waals surface area contributed by atoms with Crippen LogP contribution in [0.25, 0.3) is 0 Å². The zero-order valence-corrected chi connectivity index (χ0v) is 11.3. The average Bonchev–Trinajstić information content (AvgIpc) is 2.92. The molecule has 1 amide bonds. The van der Waals surface area contributed by atoms with Gasteiger partial charge in [0.2, 0.25) is 0 Å². The van der Waals surface area contributed by atoms with Crippen LogP contribution in [-0.2, 0) is 9.59 Å². The number of carboxylic acid groups (broad SMARTS) is 1. The van der Waals surface area contributed by atoms with Crippen molar-refractivity contribution in [3.8, 4) is 0 Å². The molecule has 1 fully saturated rings. The molecular formula is C14H14F3NO4. The number of benzene rings is 1. The molecule has 3 atom stereocenters. The number of hydrogen-bond donors (Lipinski definition) is 2. The second-order valence-corrected chi connectivity index (χ2v) is 5.15. The van der Waals surface area contributed by atoms with E-state index in [1.807, 2.05) is 0 Å². The number of carboxylic acids is 1. The highest BCUT2D eigenvalue weighted by Crippen LogP contribution is 2.38. The van der Waals surface area contributed by atoms with E-state index in [0.29, 0.717) is 0 Å². The molecule has 0 radical (unpaired) electrons. The van der Waals surface area contributed by atoms with Gasteiger partial charge in [-0.15, -0.1) is 0 Å². The molecule has 1 unspecified atom stereocenters. The topological polar surface area (TPSA) is 77.8 Å². The Morgan fingerprint density at radius 3 is 2.23 bits per heavy atom. The fourth-order valence-electron chi connectivity index (χ4n) is 2.52. The van der Waals surface area contributed by atoms with Crippen molar-refractivity contribution < 1.29 is 33.0 Å². The lowest BCUT2D eigenvalue weighted by molar-refractivity contribution is -0.188. The van der Waals surface area contributed by atoms with Crippen LogP contribution in [0.3, 0.4) is 0 Å². The van der Waals surface area contributed by atoms with Gasteiger partial charge in [0.1, 0.15) is 0 Å². The van der Waals surface area contributed by atoms with Gasteiger partial charge in [-0.3, -0.25) is 9.59 Å². The highest BCUT2D eigenvalue weighted by molar-refractivity contribution is 5.83. The molecule has 2 N–H and O–H groups in total. The largest absolute Gasteiger partial charge is 0.481 e. The van der Waals surface area contributed by atoms with Crippen LogP contribution in [0.15, 0.2) is 30.3 Å². The predicted molar refractivity (Wildman–Crippen MR) is 68.7 cm³/mol. The summed E-state index contributed by atoms with van der Waals surface area (Å²) in [6.45, 7) is -1.33. The number of amides is 1. The van der Waals surface area contributed by atoms with Crippen molar-refractivity contribution in [2.45, 2.75) is 12.3 Å². The molecule has 0 aliphatic carbocycles. The Kier molecular flexibility index (Phi) is 4.41. The third-order valence-corrected chi connectivity index (χ3v) is 3.72. The second-order valence-electron chi connectivity index (χ2n) is 5.15.